The maximum atomic E-state index is 14.2. The number of carboxylic acids is 1. The molecule has 0 aromatic heterocycles. The summed E-state index contributed by atoms with van der Waals surface area (Å²) in [5.41, 5.74) is 2.39. The predicted molar refractivity (Wildman–Crippen MR) is 176 cm³/mol. The van der Waals surface area contributed by atoms with Crippen molar-refractivity contribution in [3.63, 3.8) is 0 Å². The molecule has 236 valence electrons. The van der Waals surface area contributed by atoms with Crippen molar-refractivity contribution in [1.29, 1.82) is 0 Å². The van der Waals surface area contributed by atoms with Crippen LogP contribution in [0.3, 0.4) is 0 Å². The van der Waals surface area contributed by atoms with Crippen LogP contribution >= 0.6 is 0 Å². The molecule has 3 rings (SSSR count). The van der Waals surface area contributed by atoms with Gasteiger partial charge in [0.15, 0.2) is 11.6 Å². The van der Waals surface area contributed by atoms with Gasteiger partial charge in [-0.15, -0.1) is 0 Å². The summed E-state index contributed by atoms with van der Waals surface area (Å²) in [6.07, 6.45) is 10.2. The molecule has 0 spiro atoms. The second kappa shape index (κ2) is 17.5. The number of carbonyl (C=O) groups is 4. The quantitative estimate of drug-likeness (QED) is 0.0836. The summed E-state index contributed by atoms with van der Waals surface area (Å²) in [6, 6.07) is 12.1. The lowest BCUT2D eigenvalue weighted by atomic mass is 9.81. The summed E-state index contributed by atoms with van der Waals surface area (Å²) in [4.78, 5) is 54.3. The molecule has 3 aromatic rings. The number of aromatic carboxylic acids is 1. The van der Waals surface area contributed by atoms with Crippen molar-refractivity contribution in [2.45, 2.75) is 111 Å². The minimum absolute atomic E-state index is 0.0248. The highest BCUT2D eigenvalue weighted by atomic mass is 16.5. The van der Waals surface area contributed by atoms with E-state index >= 15 is 0 Å². The Morgan fingerprint density at radius 3 is 1.75 bits per heavy atom. The highest BCUT2D eigenvalue weighted by molar-refractivity contribution is 6.20. The molecule has 0 bridgehead atoms. The van der Waals surface area contributed by atoms with Crippen molar-refractivity contribution < 1.29 is 29.0 Å². The Hall–Kier alpha value is -3.80. The van der Waals surface area contributed by atoms with E-state index in [0.29, 0.717) is 46.7 Å². The molecule has 0 atom stereocenters. The zero-order valence-corrected chi connectivity index (χ0v) is 26.9. The van der Waals surface area contributed by atoms with Gasteiger partial charge in [0.2, 0.25) is 0 Å². The van der Waals surface area contributed by atoms with Gasteiger partial charge in [-0.3, -0.25) is 9.59 Å². The van der Waals surface area contributed by atoms with Gasteiger partial charge in [-0.05, 0) is 73.1 Å². The first kappa shape index (κ1) is 34.7. The van der Waals surface area contributed by atoms with Gasteiger partial charge < -0.3 is 9.84 Å². The van der Waals surface area contributed by atoms with Crippen LogP contribution in [0.25, 0.3) is 10.8 Å². The SMILES string of the molecule is CCCCCCC(=O)c1c(C(=O)O)cc2c(CCCCC)c(C(=O)c3ccccc3)c(C(=O)OCC)cc2c1CCCCC. The second-order valence-corrected chi connectivity index (χ2v) is 11.5. The highest BCUT2D eigenvalue weighted by Crippen LogP contribution is 2.37. The molecular formula is C38H48O6. The van der Waals surface area contributed by atoms with Crippen molar-refractivity contribution in [2.24, 2.45) is 0 Å². The summed E-state index contributed by atoms with van der Waals surface area (Å²) in [6.45, 7) is 8.16. The van der Waals surface area contributed by atoms with E-state index in [1.165, 1.54) is 0 Å². The van der Waals surface area contributed by atoms with E-state index in [9.17, 15) is 24.3 Å². The Balaban J connectivity index is 2.46. The normalized spacial score (nSPS) is 11.1. The van der Waals surface area contributed by atoms with Crippen LogP contribution in [-0.2, 0) is 17.6 Å². The van der Waals surface area contributed by atoms with Crippen molar-refractivity contribution >= 4 is 34.3 Å². The first-order valence-corrected chi connectivity index (χ1v) is 16.5. The molecule has 6 nitrogen and oxygen atoms in total. The fourth-order valence-corrected chi connectivity index (χ4v) is 5.99. The summed E-state index contributed by atoms with van der Waals surface area (Å²) in [5.74, 6) is -2.24. The molecule has 3 aromatic carbocycles. The minimum atomic E-state index is -1.16. The van der Waals surface area contributed by atoms with Gasteiger partial charge in [-0.1, -0.05) is 96.0 Å². The monoisotopic (exact) mass is 600 g/mol. The number of Topliss-reactive ketones (excluding diaryl/α,β-unsaturated/α-hetero) is 1. The zero-order valence-electron chi connectivity index (χ0n) is 26.9. The van der Waals surface area contributed by atoms with Crippen LogP contribution in [0.1, 0.15) is 156 Å². The molecular weight excluding hydrogens is 552 g/mol. The van der Waals surface area contributed by atoms with E-state index in [0.717, 1.165) is 57.8 Å². The standard InChI is InChI=1S/C38H48O6/c1-5-9-12-18-23-33(39)34-27(21-14-10-6-2)30-25-32(38(43)44-8-4)35(36(40)26-19-16-13-17-20-26)28(22-15-11-7-3)29(30)24-31(34)37(41)42/h13,16-17,19-20,24-25H,5-12,14-15,18,21-23H2,1-4H3,(H,41,42). The van der Waals surface area contributed by atoms with Crippen LogP contribution in [0.2, 0.25) is 0 Å². The van der Waals surface area contributed by atoms with E-state index < -0.39 is 11.9 Å². The van der Waals surface area contributed by atoms with Crippen LogP contribution in [0.5, 0.6) is 0 Å². The number of carbonyl (C=O) groups excluding carboxylic acids is 3. The topological polar surface area (TPSA) is 97.7 Å². The van der Waals surface area contributed by atoms with E-state index in [1.54, 1.807) is 43.3 Å². The van der Waals surface area contributed by atoms with Gasteiger partial charge >= 0.3 is 11.9 Å². The van der Waals surface area contributed by atoms with Crippen LogP contribution in [0.4, 0.5) is 0 Å². The lowest BCUT2D eigenvalue weighted by Gasteiger charge is -2.22. The molecule has 0 aliphatic heterocycles. The summed E-state index contributed by atoms with van der Waals surface area (Å²) in [5, 5.41) is 11.8. The van der Waals surface area contributed by atoms with Crippen LogP contribution in [0, 0.1) is 0 Å². The lowest BCUT2D eigenvalue weighted by Crippen LogP contribution is -2.18. The van der Waals surface area contributed by atoms with Crippen molar-refractivity contribution in [2.75, 3.05) is 6.61 Å². The van der Waals surface area contributed by atoms with Crippen LogP contribution in [-0.4, -0.2) is 35.2 Å². The number of hydrogen-bond acceptors (Lipinski definition) is 5. The molecule has 0 heterocycles. The molecule has 6 heteroatoms. The van der Waals surface area contributed by atoms with Gasteiger partial charge in [0.05, 0.1) is 17.7 Å². The van der Waals surface area contributed by atoms with Gasteiger partial charge in [-0.25, -0.2) is 9.59 Å². The fraction of sp³-hybridized carbons (Fsp3) is 0.474. The number of unbranched alkanes of at least 4 members (excludes halogenated alkanes) is 7. The van der Waals surface area contributed by atoms with Gasteiger partial charge in [0.1, 0.15) is 0 Å². The number of benzene rings is 3. The zero-order chi connectivity index (χ0) is 32.1. The molecule has 0 aliphatic rings. The second-order valence-electron chi connectivity index (χ2n) is 11.5. The van der Waals surface area contributed by atoms with Gasteiger partial charge in [-0.2, -0.15) is 0 Å². The maximum Gasteiger partial charge on any atom is 0.338 e. The first-order chi connectivity index (χ1) is 21.3. The predicted octanol–water partition coefficient (Wildman–Crippen LogP) is 9.56. The molecule has 44 heavy (non-hydrogen) atoms. The summed E-state index contributed by atoms with van der Waals surface area (Å²) >= 11 is 0. The molecule has 0 fully saturated rings. The Bertz CT molecular complexity index is 1450. The number of aryl methyl sites for hydroxylation is 2. The van der Waals surface area contributed by atoms with Crippen molar-refractivity contribution in [3.8, 4) is 0 Å². The van der Waals surface area contributed by atoms with Crippen LogP contribution in [0.15, 0.2) is 42.5 Å². The Morgan fingerprint density at radius 2 is 1.20 bits per heavy atom. The summed E-state index contributed by atoms with van der Waals surface area (Å²) in [7, 11) is 0. The average Bonchev–Trinajstić information content (AvgIpc) is 3.02. The number of hydrogen-bond donors (Lipinski definition) is 1. The van der Waals surface area contributed by atoms with Crippen LogP contribution < -0.4 is 0 Å². The third-order valence-corrected chi connectivity index (χ3v) is 8.25. The van der Waals surface area contributed by atoms with Gasteiger partial charge in [0, 0.05) is 23.1 Å². The summed E-state index contributed by atoms with van der Waals surface area (Å²) < 4.78 is 5.49. The Kier molecular flexibility index (Phi) is 13.8. The Labute approximate surface area is 262 Å². The maximum absolute atomic E-state index is 14.2. The average molecular weight is 601 g/mol. The van der Waals surface area contributed by atoms with Crippen molar-refractivity contribution in [1.82, 2.24) is 0 Å². The highest BCUT2D eigenvalue weighted by Gasteiger charge is 2.30. The third kappa shape index (κ3) is 8.43. The van der Waals surface area contributed by atoms with E-state index in [2.05, 4.69) is 20.8 Å². The molecule has 0 saturated heterocycles. The Morgan fingerprint density at radius 1 is 0.659 bits per heavy atom. The largest absolute Gasteiger partial charge is 0.478 e. The smallest absolute Gasteiger partial charge is 0.338 e. The van der Waals surface area contributed by atoms with Crippen molar-refractivity contribution in [3.05, 3.63) is 81.4 Å². The number of esters is 1. The molecule has 0 amide bonds. The van der Waals surface area contributed by atoms with Gasteiger partial charge in [0.25, 0.3) is 0 Å². The first-order valence-electron chi connectivity index (χ1n) is 16.5. The molecule has 1 N–H and O–H groups in total. The van der Waals surface area contributed by atoms with E-state index in [-0.39, 0.29) is 46.8 Å². The third-order valence-electron chi connectivity index (χ3n) is 8.25. The fourth-order valence-electron chi connectivity index (χ4n) is 5.99. The number of ketones is 2. The number of carboxylic acid groups (broad SMARTS) is 1. The lowest BCUT2D eigenvalue weighted by molar-refractivity contribution is 0.0523. The number of rotatable bonds is 19. The minimum Gasteiger partial charge on any atom is -0.478 e. The molecule has 0 unspecified atom stereocenters. The van der Waals surface area contributed by atoms with E-state index in [4.69, 9.17) is 4.74 Å². The number of ether oxygens (including phenoxy) is 1. The van der Waals surface area contributed by atoms with E-state index in [1.807, 2.05) is 6.07 Å². The molecule has 0 radical (unpaired) electrons. The molecule has 0 saturated carbocycles. The molecule has 0 aliphatic carbocycles. The number of fused-ring (bicyclic) bond motifs is 1.